The fraction of sp³-hybridized carbons (Fsp3) is 0.421. The first-order valence-corrected chi connectivity index (χ1v) is 8.75. The smallest absolute Gasteiger partial charge is 0.344 e. The number of rotatable bonds is 8. The molecule has 146 valence electrons. The number of carbonyl (C=O) groups is 2. The first-order valence-electron chi connectivity index (χ1n) is 8.75. The Kier molecular flexibility index (Phi) is 6.65. The minimum atomic E-state index is -1.01. The average molecular weight is 379 g/mol. The van der Waals surface area contributed by atoms with Crippen molar-refractivity contribution in [3.8, 4) is 0 Å². The highest BCUT2D eigenvalue weighted by atomic mass is 19.1. The van der Waals surface area contributed by atoms with Gasteiger partial charge in [-0.3, -0.25) is 4.79 Å². The van der Waals surface area contributed by atoms with E-state index in [0.717, 1.165) is 24.6 Å². The quantitative estimate of drug-likeness (QED) is 0.561. The van der Waals surface area contributed by atoms with E-state index in [1.165, 1.54) is 4.68 Å². The van der Waals surface area contributed by atoms with Gasteiger partial charge in [-0.25, -0.2) is 18.3 Å². The summed E-state index contributed by atoms with van der Waals surface area (Å²) in [6.45, 7) is 5.68. The Morgan fingerprint density at radius 3 is 2.41 bits per heavy atom. The average Bonchev–Trinajstić information content (AvgIpc) is 2.93. The summed E-state index contributed by atoms with van der Waals surface area (Å²) in [7, 11) is 0. The van der Waals surface area contributed by atoms with Crippen LogP contribution in [0.1, 0.15) is 53.6 Å². The molecule has 1 aromatic heterocycles. The summed E-state index contributed by atoms with van der Waals surface area (Å²) in [4.78, 5) is 24.4. The zero-order valence-corrected chi connectivity index (χ0v) is 15.6. The molecule has 6 nitrogen and oxygen atoms in total. The van der Waals surface area contributed by atoms with E-state index in [1.54, 1.807) is 0 Å². The minimum Gasteiger partial charge on any atom is -0.454 e. The van der Waals surface area contributed by atoms with Gasteiger partial charge in [-0.15, -0.1) is 0 Å². The van der Waals surface area contributed by atoms with E-state index in [1.807, 2.05) is 6.92 Å². The van der Waals surface area contributed by atoms with Gasteiger partial charge in [0.1, 0.15) is 23.0 Å². The lowest BCUT2D eigenvalue weighted by atomic mass is 10.1. The van der Waals surface area contributed by atoms with E-state index in [2.05, 4.69) is 18.9 Å². The van der Waals surface area contributed by atoms with Crippen molar-refractivity contribution in [3.63, 3.8) is 0 Å². The number of esters is 1. The fourth-order valence-corrected chi connectivity index (χ4v) is 2.59. The zero-order valence-electron chi connectivity index (χ0n) is 15.6. The second-order valence-corrected chi connectivity index (χ2v) is 6.56. The van der Waals surface area contributed by atoms with Crippen molar-refractivity contribution in [3.05, 3.63) is 46.7 Å². The Morgan fingerprint density at radius 2 is 1.85 bits per heavy atom. The number of benzene rings is 1. The number of Topliss-reactive ketones (excluding diaryl/α,β-unsaturated/α-hetero) is 1. The van der Waals surface area contributed by atoms with E-state index in [9.17, 15) is 18.4 Å². The third-order valence-electron chi connectivity index (χ3n) is 4.10. The number of aromatic nitrogens is 2. The molecule has 0 spiro atoms. The highest BCUT2D eigenvalue weighted by Crippen LogP contribution is 2.21. The number of nitrogens with two attached hydrogens (primary N) is 1. The summed E-state index contributed by atoms with van der Waals surface area (Å²) in [6, 6.07) is 3.07. The van der Waals surface area contributed by atoms with Gasteiger partial charge in [-0.1, -0.05) is 26.8 Å². The second kappa shape index (κ2) is 8.75. The van der Waals surface area contributed by atoms with Gasteiger partial charge in [0.25, 0.3) is 0 Å². The SMILES string of the molecule is CCc1nn(CCC(C)C)c(N)c1C(=O)OCC(=O)c1c(F)cccc1F. The number of hydrogen-bond acceptors (Lipinski definition) is 5. The molecule has 0 unspecified atom stereocenters. The maximum atomic E-state index is 13.6. The van der Waals surface area contributed by atoms with Crippen molar-refractivity contribution in [2.24, 2.45) is 5.92 Å². The monoisotopic (exact) mass is 379 g/mol. The van der Waals surface area contributed by atoms with Crippen LogP contribution in [-0.2, 0) is 17.7 Å². The van der Waals surface area contributed by atoms with E-state index < -0.39 is 35.6 Å². The Morgan fingerprint density at radius 1 is 1.22 bits per heavy atom. The summed E-state index contributed by atoms with van der Waals surface area (Å²) in [5, 5.41) is 4.32. The normalized spacial score (nSPS) is 11.0. The molecule has 0 radical (unpaired) electrons. The number of ketones is 1. The van der Waals surface area contributed by atoms with Crippen molar-refractivity contribution < 1.29 is 23.1 Å². The molecule has 0 bridgehead atoms. The summed E-state index contributed by atoms with van der Waals surface area (Å²) < 4.78 is 33.8. The number of anilines is 1. The molecule has 0 aliphatic heterocycles. The molecule has 0 fully saturated rings. The standard InChI is InChI=1S/C19H23F2N3O3/c1-4-14-17(18(22)24(23-14)9-8-11(2)3)19(26)27-10-15(25)16-12(20)6-5-7-13(16)21/h5-7,11H,4,8-10,22H2,1-3H3. The van der Waals surface area contributed by atoms with Crippen molar-refractivity contribution in [2.75, 3.05) is 12.3 Å². The highest BCUT2D eigenvalue weighted by Gasteiger charge is 2.24. The number of hydrogen-bond donors (Lipinski definition) is 1. The Balaban J connectivity index is 2.15. The van der Waals surface area contributed by atoms with Crippen molar-refractivity contribution in [1.82, 2.24) is 9.78 Å². The van der Waals surface area contributed by atoms with E-state index in [4.69, 9.17) is 10.5 Å². The van der Waals surface area contributed by atoms with Gasteiger partial charge in [0.2, 0.25) is 5.78 Å². The fourth-order valence-electron chi connectivity index (χ4n) is 2.59. The largest absolute Gasteiger partial charge is 0.454 e. The van der Waals surface area contributed by atoms with Gasteiger partial charge in [0.15, 0.2) is 6.61 Å². The molecule has 8 heteroatoms. The third kappa shape index (κ3) is 4.69. The number of nitrogen functional groups attached to an aromatic ring is 1. The van der Waals surface area contributed by atoms with Gasteiger partial charge >= 0.3 is 5.97 Å². The van der Waals surface area contributed by atoms with Gasteiger partial charge in [0, 0.05) is 6.54 Å². The van der Waals surface area contributed by atoms with Crippen LogP contribution < -0.4 is 5.73 Å². The molecule has 0 saturated carbocycles. The van der Waals surface area contributed by atoms with Crippen molar-refractivity contribution in [2.45, 2.75) is 40.2 Å². The molecule has 0 amide bonds. The minimum absolute atomic E-state index is 0.0862. The number of carbonyl (C=O) groups excluding carboxylic acids is 2. The Labute approximate surface area is 156 Å². The van der Waals surface area contributed by atoms with Crippen molar-refractivity contribution >= 4 is 17.6 Å². The Hall–Kier alpha value is -2.77. The summed E-state index contributed by atoms with van der Waals surface area (Å²) >= 11 is 0. The van der Waals surface area contributed by atoms with Gasteiger partial charge in [-0.2, -0.15) is 5.10 Å². The van der Waals surface area contributed by atoms with Crippen LogP contribution in [0.4, 0.5) is 14.6 Å². The predicted molar refractivity (Wildman–Crippen MR) is 96.4 cm³/mol. The number of aryl methyl sites for hydroxylation is 2. The first kappa shape index (κ1) is 20.5. The molecule has 0 atom stereocenters. The third-order valence-corrected chi connectivity index (χ3v) is 4.10. The maximum Gasteiger partial charge on any atom is 0.344 e. The summed E-state index contributed by atoms with van der Waals surface area (Å²) in [5.41, 5.74) is 5.83. The lowest BCUT2D eigenvalue weighted by molar-refractivity contribution is 0.0472. The highest BCUT2D eigenvalue weighted by molar-refractivity contribution is 6.01. The summed E-state index contributed by atoms with van der Waals surface area (Å²) in [5.74, 6) is -3.24. The van der Waals surface area contributed by atoms with Crippen LogP contribution in [0.5, 0.6) is 0 Å². The molecule has 0 aliphatic carbocycles. The van der Waals surface area contributed by atoms with Crippen molar-refractivity contribution in [1.29, 1.82) is 0 Å². The van der Waals surface area contributed by atoms with Crippen LogP contribution in [-0.4, -0.2) is 28.1 Å². The molecule has 0 aliphatic rings. The van der Waals surface area contributed by atoms with Gasteiger partial charge in [-0.05, 0) is 30.9 Å². The molecule has 1 aromatic carbocycles. The molecule has 2 aromatic rings. The van der Waals surface area contributed by atoms with Crippen LogP contribution in [0.3, 0.4) is 0 Å². The Bertz CT molecular complexity index is 827. The van der Waals surface area contributed by atoms with E-state index in [-0.39, 0.29) is 11.4 Å². The van der Waals surface area contributed by atoms with E-state index >= 15 is 0 Å². The van der Waals surface area contributed by atoms with Gasteiger partial charge < -0.3 is 10.5 Å². The molecular weight excluding hydrogens is 356 g/mol. The molecule has 2 N–H and O–H groups in total. The van der Waals surface area contributed by atoms with Crippen LogP contribution in [0.2, 0.25) is 0 Å². The zero-order chi connectivity index (χ0) is 20.1. The predicted octanol–water partition coefficient (Wildman–Crippen LogP) is 3.39. The lowest BCUT2D eigenvalue weighted by Crippen LogP contribution is -2.18. The van der Waals surface area contributed by atoms with Crippen LogP contribution in [0.25, 0.3) is 0 Å². The number of ether oxygens (including phenoxy) is 1. The van der Waals surface area contributed by atoms with Gasteiger partial charge in [0.05, 0.1) is 11.3 Å². The molecule has 27 heavy (non-hydrogen) atoms. The molecule has 2 rings (SSSR count). The number of nitrogens with zero attached hydrogens (tertiary/aromatic N) is 2. The first-order chi connectivity index (χ1) is 12.8. The van der Waals surface area contributed by atoms with Crippen LogP contribution in [0, 0.1) is 17.6 Å². The van der Waals surface area contributed by atoms with Crippen LogP contribution >= 0.6 is 0 Å². The lowest BCUT2D eigenvalue weighted by Gasteiger charge is -2.08. The number of halogens is 2. The molecule has 0 saturated heterocycles. The molecular formula is C19H23F2N3O3. The maximum absolute atomic E-state index is 13.6. The summed E-state index contributed by atoms with van der Waals surface area (Å²) in [6.07, 6.45) is 1.27. The second-order valence-electron chi connectivity index (χ2n) is 6.56. The molecule has 1 heterocycles. The van der Waals surface area contributed by atoms with E-state index in [0.29, 0.717) is 24.6 Å². The van der Waals surface area contributed by atoms with Crippen LogP contribution in [0.15, 0.2) is 18.2 Å². The topological polar surface area (TPSA) is 87.2 Å².